The Morgan fingerprint density at radius 1 is 1.23 bits per heavy atom. The molecule has 1 saturated heterocycles. The molecule has 0 N–H and O–H groups in total. The van der Waals surface area contributed by atoms with E-state index in [4.69, 9.17) is 14.2 Å². The fourth-order valence-corrected chi connectivity index (χ4v) is 2.90. The van der Waals surface area contributed by atoms with E-state index in [1.165, 1.54) is 0 Å². The molecule has 1 aliphatic heterocycles. The highest BCUT2D eigenvalue weighted by molar-refractivity contribution is 5.78. The van der Waals surface area contributed by atoms with Gasteiger partial charge in [0.05, 0.1) is 6.54 Å². The molecule has 1 aromatic heterocycles. The summed E-state index contributed by atoms with van der Waals surface area (Å²) >= 11 is 0. The molecule has 1 amide bonds. The number of aryl methyl sites for hydroxylation is 1. The molecular formula is C19H23N3O4. The topological polar surface area (TPSA) is 73.8 Å². The Morgan fingerprint density at radius 2 is 2.04 bits per heavy atom. The molecule has 7 heteroatoms. The van der Waals surface area contributed by atoms with Gasteiger partial charge in [-0.15, -0.1) is 0 Å². The highest BCUT2D eigenvalue weighted by Crippen LogP contribution is 2.26. The van der Waals surface area contributed by atoms with Crippen LogP contribution in [0.4, 0.5) is 0 Å². The summed E-state index contributed by atoms with van der Waals surface area (Å²) in [4.78, 5) is 22.0. The Labute approximate surface area is 152 Å². The first-order chi connectivity index (χ1) is 12.6. The molecular weight excluding hydrogens is 334 g/mol. The van der Waals surface area contributed by atoms with Crippen LogP contribution in [0, 0.1) is 6.92 Å². The van der Waals surface area contributed by atoms with Gasteiger partial charge in [-0.2, -0.15) is 0 Å². The number of aromatic nitrogens is 2. The average Bonchev–Trinajstić information content (AvgIpc) is 3.11. The van der Waals surface area contributed by atoms with E-state index in [-0.39, 0.29) is 18.5 Å². The zero-order valence-corrected chi connectivity index (χ0v) is 15.1. The first-order valence-corrected chi connectivity index (χ1v) is 8.52. The van der Waals surface area contributed by atoms with Crippen LogP contribution in [0.3, 0.4) is 0 Å². The monoisotopic (exact) mass is 357 g/mol. The number of methoxy groups -OCH3 is 1. The molecule has 0 radical (unpaired) electrons. The van der Waals surface area contributed by atoms with Crippen LogP contribution in [-0.2, 0) is 9.53 Å². The van der Waals surface area contributed by atoms with Gasteiger partial charge in [0.1, 0.15) is 18.0 Å². The van der Waals surface area contributed by atoms with Crippen molar-refractivity contribution in [2.45, 2.75) is 18.9 Å². The molecule has 1 aliphatic rings. The second-order valence-electron chi connectivity index (χ2n) is 6.38. The van der Waals surface area contributed by atoms with Gasteiger partial charge in [0.15, 0.2) is 6.61 Å². The minimum Gasteiger partial charge on any atom is -0.491 e. The summed E-state index contributed by atoms with van der Waals surface area (Å²) in [5, 5.41) is 0. The molecule has 1 unspecified atom stereocenters. The second kappa shape index (κ2) is 8.14. The summed E-state index contributed by atoms with van der Waals surface area (Å²) in [6, 6.07) is 9.76. The van der Waals surface area contributed by atoms with E-state index in [2.05, 4.69) is 9.97 Å². The van der Waals surface area contributed by atoms with Crippen molar-refractivity contribution in [3.05, 3.63) is 48.3 Å². The smallest absolute Gasteiger partial charge is 0.316 e. The van der Waals surface area contributed by atoms with E-state index in [1.807, 2.05) is 31.2 Å². The molecule has 2 heterocycles. The number of hydrogen-bond acceptors (Lipinski definition) is 6. The highest BCUT2D eigenvalue weighted by Gasteiger charge is 2.41. The molecule has 0 saturated carbocycles. The van der Waals surface area contributed by atoms with Gasteiger partial charge in [0, 0.05) is 26.0 Å². The Morgan fingerprint density at radius 3 is 2.77 bits per heavy atom. The largest absolute Gasteiger partial charge is 0.491 e. The Bertz CT molecular complexity index is 741. The standard InChI is InChI=1S/C19H23N3O4/c1-15-5-3-6-16(11-15)26-14-19(24-2)7-10-22(13-19)17(23)12-25-18-20-8-4-9-21-18/h3-6,8-9,11H,7,10,12-14H2,1-2H3. The molecule has 0 aliphatic carbocycles. The molecule has 7 nitrogen and oxygen atoms in total. The van der Waals surface area contributed by atoms with Crippen molar-refractivity contribution in [1.82, 2.24) is 14.9 Å². The lowest BCUT2D eigenvalue weighted by Gasteiger charge is -2.28. The number of hydrogen-bond donors (Lipinski definition) is 0. The lowest BCUT2D eigenvalue weighted by molar-refractivity contribution is -0.134. The van der Waals surface area contributed by atoms with E-state index < -0.39 is 5.60 Å². The lowest BCUT2D eigenvalue weighted by atomic mass is 10.0. The number of nitrogens with zero attached hydrogens (tertiary/aromatic N) is 3. The van der Waals surface area contributed by atoms with Crippen molar-refractivity contribution in [3.63, 3.8) is 0 Å². The zero-order chi connectivity index (χ0) is 18.4. The number of carbonyl (C=O) groups excluding carboxylic acids is 1. The SMILES string of the molecule is COC1(COc2cccc(C)c2)CCN(C(=O)COc2ncccn2)C1. The van der Waals surface area contributed by atoms with Crippen LogP contribution in [-0.4, -0.2) is 59.8 Å². The second-order valence-corrected chi connectivity index (χ2v) is 6.38. The number of amides is 1. The van der Waals surface area contributed by atoms with Crippen molar-refractivity contribution in [3.8, 4) is 11.8 Å². The van der Waals surface area contributed by atoms with Gasteiger partial charge in [0.25, 0.3) is 5.91 Å². The maximum Gasteiger partial charge on any atom is 0.316 e. The van der Waals surface area contributed by atoms with Crippen molar-refractivity contribution in [2.24, 2.45) is 0 Å². The molecule has 0 bridgehead atoms. The first-order valence-electron chi connectivity index (χ1n) is 8.52. The van der Waals surface area contributed by atoms with Crippen molar-refractivity contribution in [2.75, 3.05) is 33.4 Å². The molecule has 1 fully saturated rings. The van der Waals surface area contributed by atoms with Crippen molar-refractivity contribution < 1.29 is 19.0 Å². The molecule has 1 atom stereocenters. The predicted molar refractivity (Wildman–Crippen MR) is 95.1 cm³/mol. The summed E-state index contributed by atoms with van der Waals surface area (Å²) < 4.78 is 17.0. The van der Waals surface area contributed by atoms with Crippen LogP contribution in [0.25, 0.3) is 0 Å². The maximum absolute atomic E-state index is 12.4. The van der Waals surface area contributed by atoms with E-state index >= 15 is 0 Å². The van der Waals surface area contributed by atoms with E-state index in [0.29, 0.717) is 26.1 Å². The third kappa shape index (κ3) is 4.49. The molecule has 138 valence electrons. The normalized spacial score (nSPS) is 19.4. The first kappa shape index (κ1) is 18.1. The molecule has 0 spiro atoms. The van der Waals surface area contributed by atoms with Gasteiger partial charge >= 0.3 is 6.01 Å². The van der Waals surface area contributed by atoms with Crippen LogP contribution in [0.15, 0.2) is 42.7 Å². The van der Waals surface area contributed by atoms with Crippen LogP contribution in [0.5, 0.6) is 11.8 Å². The molecule has 26 heavy (non-hydrogen) atoms. The summed E-state index contributed by atoms with van der Waals surface area (Å²) in [5.41, 5.74) is 0.625. The Hall–Kier alpha value is -2.67. The molecule has 3 rings (SSSR count). The van der Waals surface area contributed by atoms with Gasteiger partial charge in [-0.3, -0.25) is 4.79 Å². The number of rotatable bonds is 7. The number of carbonyl (C=O) groups is 1. The number of benzene rings is 1. The number of ether oxygens (including phenoxy) is 3. The highest BCUT2D eigenvalue weighted by atomic mass is 16.5. The number of likely N-dealkylation sites (tertiary alicyclic amines) is 1. The Balaban J connectivity index is 1.53. The lowest BCUT2D eigenvalue weighted by Crippen LogP contribution is -2.43. The van der Waals surface area contributed by atoms with Gasteiger partial charge in [0.2, 0.25) is 0 Å². The van der Waals surface area contributed by atoms with Crippen LogP contribution >= 0.6 is 0 Å². The maximum atomic E-state index is 12.4. The quantitative estimate of drug-likeness (QED) is 0.753. The minimum absolute atomic E-state index is 0.0947. The fraction of sp³-hybridized carbons (Fsp3) is 0.421. The van der Waals surface area contributed by atoms with E-state index in [0.717, 1.165) is 11.3 Å². The summed E-state index contributed by atoms with van der Waals surface area (Å²) in [6.45, 7) is 3.38. The fourth-order valence-electron chi connectivity index (χ4n) is 2.90. The van der Waals surface area contributed by atoms with Gasteiger partial charge in [-0.25, -0.2) is 9.97 Å². The predicted octanol–water partition coefficient (Wildman–Crippen LogP) is 1.86. The summed E-state index contributed by atoms with van der Waals surface area (Å²) in [6.07, 6.45) is 3.85. The minimum atomic E-state index is -0.511. The molecule has 1 aromatic carbocycles. The van der Waals surface area contributed by atoms with Gasteiger partial charge < -0.3 is 19.1 Å². The summed E-state index contributed by atoms with van der Waals surface area (Å²) in [5.74, 6) is 0.683. The van der Waals surface area contributed by atoms with Crippen molar-refractivity contribution in [1.29, 1.82) is 0 Å². The Kier molecular flexibility index (Phi) is 5.68. The molecule has 2 aromatic rings. The van der Waals surface area contributed by atoms with Crippen LogP contribution in [0.1, 0.15) is 12.0 Å². The third-order valence-corrected chi connectivity index (χ3v) is 4.46. The van der Waals surface area contributed by atoms with E-state index in [9.17, 15) is 4.79 Å². The average molecular weight is 357 g/mol. The third-order valence-electron chi connectivity index (χ3n) is 4.46. The van der Waals surface area contributed by atoms with Crippen molar-refractivity contribution >= 4 is 5.91 Å². The zero-order valence-electron chi connectivity index (χ0n) is 15.1. The van der Waals surface area contributed by atoms with Crippen LogP contribution < -0.4 is 9.47 Å². The summed E-state index contributed by atoms with van der Waals surface area (Å²) in [7, 11) is 1.65. The van der Waals surface area contributed by atoms with Gasteiger partial charge in [-0.05, 0) is 37.1 Å². The van der Waals surface area contributed by atoms with E-state index in [1.54, 1.807) is 30.5 Å². The van der Waals surface area contributed by atoms with Gasteiger partial charge in [-0.1, -0.05) is 12.1 Å². The van der Waals surface area contributed by atoms with Crippen LogP contribution in [0.2, 0.25) is 0 Å².